The summed E-state index contributed by atoms with van der Waals surface area (Å²) in [5.41, 5.74) is 0. The van der Waals surface area contributed by atoms with Gasteiger partial charge in [0.15, 0.2) is 0 Å². The number of piperidine rings is 1. The van der Waals surface area contributed by atoms with Crippen LogP contribution in [0, 0.1) is 23.2 Å². The van der Waals surface area contributed by atoms with Gasteiger partial charge in [0.2, 0.25) is 0 Å². The highest BCUT2D eigenvalue weighted by atomic mass is 15.2. The lowest BCUT2D eigenvalue weighted by atomic mass is 9.88. The van der Waals surface area contributed by atoms with E-state index in [0.29, 0.717) is 12.1 Å². The molecule has 2 aliphatic rings. The minimum Gasteiger partial charge on any atom is -0.296 e. The second-order valence-electron chi connectivity index (χ2n) is 6.17. The van der Waals surface area contributed by atoms with E-state index in [0.717, 1.165) is 12.3 Å². The SMILES string of the molecule is CC1CCC(C)N(C2CCCCCC2C#N)C1. The van der Waals surface area contributed by atoms with E-state index in [2.05, 4.69) is 24.8 Å². The van der Waals surface area contributed by atoms with E-state index in [4.69, 9.17) is 0 Å². The van der Waals surface area contributed by atoms with Gasteiger partial charge in [-0.1, -0.05) is 26.2 Å². The molecule has 0 bridgehead atoms. The molecule has 0 aromatic rings. The molecule has 0 spiro atoms. The van der Waals surface area contributed by atoms with Gasteiger partial charge in [0.05, 0.1) is 12.0 Å². The third-order valence-corrected chi connectivity index (χ3v) is 4.74. The summed E-state index contributed by atoms with van der Waals surface area (Å²) in [6.07, 6.45) is 8.95. The van der Waals surface area contributed by atoms with Gasteiger partial charge in [0.25, 0.3) is 0 Å². The Morgan fingerprint density at radius 1 is 1.00 bits per heavy atom. The number of hydrogen-bond acceptors (Lipinski definition) is 2. The monoisotopic (exact) mass is 234 g/mol. The van der Waals surface area contributed by atoms with E-state index < -0.39 is 0 Å². The van der Waals surface area contributed by atoms with Crippen molar-refractivity contribution < 1.29 is 0 Å². The highest BCUT2D eigenvalue weighted by molar-refractivity contribution is 4.97. The second kappa shape index (κ2) is 5.87. The Morgan fingerprint density at radius 3 is 2.53 bits per heavy atom. The van der Waals surface area contributed by atoms with Crippen molar-refractivity contribution in [1.29, 1.82) is 5.26 Å². The zero-order valence-corrected chi connectivity index (χ0v) is 11.4. The van der Waals surface area contributed by atoms with Crippen molar-refractivity contribution in [2.75, 3.05) is 6.54 Å². The van der Waals surface area contributed by atoms with Crippen LogP contribution in [-0.2, 0) is 0 Å². The molecule has 4 atom stereocenters. The van der Waals surface area contributed by atoms with Gasteiger partial charge >= 0.3 is 0 Å². The normalized spacial score (nSPS) is 40.5. The summed E-state index contributed by atoms with van der Waals surface area (Å²) in [6, 6.07) is 3.81. The van der Waals surface area contributed by atoms with Gasteiger partial charge in [-0.15, -0.1) is 0 Å². The Hall–Kier alpha value is -0.550. The summed E-state index contributed by atoms with van der Waals surface area (Å²) in [5, 5.41) is 9.39. The molecule has 2 rings (SSSR count). The summed E-state index contributed by atoms with van der Waals surface area (Å²) in [6.45, 7) is 5.92. The lowest BCUT2D eigenvalue weighted by Gasteiger charge is -2.43. The summed E-state index contributed by atoms with van der Waals surface area (Å²) in [5.74, 6) is 1.10. The summed E-state index contributed by atoms with van der Waals surface area (Å²) < 4.78 is 0. The van der Waals surface area contributed by atoms with Crippen LogP contribution in [0.4, 0.5) is 0 Å². The fraction of sp³-hybridized carbons (Fsp3) is 0.933. The van der Waals surface area contributed by atoms with Gasteiger partial charge in [-0.2, -0.15) is 5.26 Å². The Labute approximate surface area is 106 Å². The second-order valence-corrected chi connectivity index (χ2v) is 6.17. The maximum absolute atomic E-state index is 9.39. The van der Waals surface area contributed by atoms with Crippen molar-refractivity contribution in [2.45, 2.75) is 70.9 Å². The highest BCUT2D eigenvalue weighted by Crippen LogP contribution is 2.32. The first-order valence-electron chi connectivity index (χ1n) is 7.37. The third-order valence-electron chi connectivity index (χ3n) is 4.74. The molecule has 2 fully saturated rings. The maximum atomic E-state index is 9.39. The Morgan fingerprint density at radius 2 is 1.76 bits per heavy atom. The molecule has 0 aromatic carbocycles. The number of rotatable bonds is 1. The van der Waals surface area contributed by atoms with Gasteiger partial charge in [-0.05, 0) is 38.5 Å². The average molecular weight is 234 g/mol. The van der Waals surface area contributed by atoms with E-state index in [9.17, 15) is 5.26 Å². The molecule has 0 N–H and O–H groups in total. The summed E-state index contributed by atoms with van der Waals surface area (Å²) in [7, 11) is 0. The number of hydrogen-bond donors (Lipinski definition) is 0. The van der Waals surface area contributed by atoms with Crippen LogP contribution in [0.25, 0.3) is 0 Å². The fourth-order valence-corrected chi connectivity index (χ4v) is 3.62. The van der Waals surface area contributed by atoms with Crippen molar-refractivity contribution in [2.24, 2.45) is 11.8 Å². The van der Waals surface area contributed by atoms with Crippen molar-refractivity contribution in [3.8, 4) is 6.07 Å². The van der Waals surface area contributed by atoms with Crippen LogP contribution in [0.15, 0.2) is 0 Å². The highest BCUT2D eigenvalue weighted by Gasteiger charge is 2.34. The molecule has 4 unspecified atom stereocenters. The van der Waals surface area contributed by atoms with Crippen molar-refractivity contribution >= 4 is 0 Å². The van der Waals surface area contributed by atoms with Crippen molar-refractivity contribution in [3.05, 3.63) is 0 Å². The van der Waals surface area contributed by atoms with Crippen LogP contribution in [0.3, 0.4) is 0 Å². The molecule has 0 aromatic heterocycles. The molecule has 17 heavy (non-hydrogen) atoms. The molecule has 1 heterocycles. The van der Waals surface area contributed by atoms with Crippen LogP contribution in [-0.4, -0.2) is 23.5 Å². The van der Waals surface area contributed by atoms with Crippen molar-refractivity contribution in [1.82, 2.24) is 4.90 Å². The van der Waals surface area contributed by atoms with Crippen LogP contribution in [0.2, 0.25) is 0 Å². The predicted octanol–water partition coefficient (Wildman–Crippen LogP) is 3.58. The zero-order chi connectivity index (χ0) is 12.3. The first kappa shape index (κ1) is 12.9. The Balaban J connectivity index is 2.08. The first-order chi connectivity index (χ1) is 8.22. The van der Waals surface area contributed by atoms with Gasteiger partial charge in [-0.3, -0.25) is 4.90 Å². The molecular weight excluding hydrogens is 208 g/mol. The van der Waals surface area contributed by atoms with Crippen LogP contribution in [0.5, 0.6) is 0 Å². The van der Waals surface area contributed by atoms with Gasteiger partial charge < -0.3 is 0 Å². The molecule has 1 saturated heterocycles. The number of likely N-dealkylation sites (tertiary alicyclic amines) is 1. The molecule has 1 aliphatic carbocycles. The molecule has 2 nitrogen and oxygen atoms in total. The van der Waals surface area contributed by atoms with E-state index in [1.807, 2.05) is 0 Å². The molecule has 96 valence electrons. The lowest BCUT2D eigenvalue weighted by molar-refractivity contribution is 0.0547. The Kier molecular flexibility index (Phi) is 4.45. The number of nitrogens with zero attached hydrogens (tertiary/aromatic N) is 2. The van der Waals surface area contributed by atoms with E-state index in [-0.39, 0.29) is 5.92 Å². The van der Waals surface area contributed by atoms with E-state index in [1.54, 1.807) is 0 Å². The van der Waals surface area contributed by atoms with Gasteiger partial charge in [0, 0.05) is 18.6 Å². The van der Waals surface area contributed by atoms with Crippen LogP contribution < -0.4 is 0 Å². The predicted molar refractivity (Wildman–Crippen MR) is 70.5 cm³/mol. The third kappa shape index (κ3) is 3.01. The summed E-state index contributed by atoms with van der Waals surface area (Å²) in [4.78, 5) is 2.66. The Bertz CT molecular complexity index is 281. The first-order valence-corrected chi connectivity index (χ1v) is 7.37. The molecule has 2 heteroatoms. The maximum Gasteiger partial charge on any atom is 0.0672 e. The van der Waals surface area contributed by atoms with Crippen LogP contribution in [0.1, 0.15) is 58.8 Å². The smallest absolute Gasteiger partial charge is 0.0672 e. The van der Waals surface area contributed by atoms with Gasteiger partial charge in [0.1, 0.15) is 0 Å². The molecule has 1 saturated carbocycles. The van der Waals surface area contributed by atoms with E-state index in [1.165, 1.54) is 45.1 Å². The molecule has 0 amide bonds. The zero-order valence-electron chi connectivity index (χ0n) is 11.4. The molecule has 1 aliphatic heterocycles. The lowest BCUT2D eigenvalue weighted by Crippen LogP contribution is -2.49. The van der Waals surface area contributed by atoms with Crippen LogP contribution >= 0.6 is 0 Å². The number of nitriles is 1. The molecular formula is C15H26N2. The summed E-state index contributed by atoms with van der Waals surface area (Å²) >= 11 is 0. The molecule has 0 radical (unpaired) electrons. The van der Waals surface area contributed by atoms with E-state index >= 15 is 0 Å². The largest absolute Gasteiger partial charge is 0.296 e. The van der Waals surface area contributed by atoms with Gasteiger partial charge in [-0.25, -0.2) is 0 Å². The fourth-order valence-electron chi connectivity index (χ4n) is 3.62. The average Bonchev–Trinajstić information content (AvgIpc) is 2.57. The minimum absolute atomic E-state index is 0.283. The standard InChI is InChI=1S/C15H26N2/c1-12-8-9-13(2)17(11-12)15-7-5-3-4-6-14(15)10-16/h12-15H,3-9,11H2,1-2H3. The van der Waals surface area contributed by atoms with Crippen molar-refractivity contribution in [3.63, 3.8) is 0 Å². The minimum atomic E-state index is 0.283. The quantitative estimate of drug-likeness (QED) is 0.648. The topological polar surface area (TPSA) is 27.0 Å².